The number of aromatic nitrogens is 1. The van der Waals surface area contributed by atoms with Crippen LogP contribution >= 0.6 is 11.3 Å². The molecular weight excluding hydrogens is 280 g/mol. The lowest BCUT2D eigenvalue weighted by Gasteiger charge is -2.32. The number of hydrogen-bond donors (Lipinski definition) is 1. The van der Waals surface area contributed by atoms with Gasteiger partial charge in [-0.15, -0.1) is 11.3 Å². The number of ether oxygens (including phenoxy) is 1. The number of para-hydroxylation sites is 2. The Morgan fingerprint density at radius 2 is 2.20 bits per heavy atom. The topological polar surface area (TPSA) is 79.7 Å². The molecule has 0 saturated carbocycles. The molecule has 1 aromatic heterocycles. The molecule has 0 spiro atoms. The molecule has 0 bridgehead atoms. The van der Waals surface area contributed by atoms with E-state index in [1.807, 2.05) is 0 Å². The Bertz CT molecular complexity index is 656. The van der Waals surface area contributed by atoms with Gasteiger partial charge in [0.25, 0.3) is 5.91 Å². The van der Waals surface area contributed by atoms with E-state index < -0.39 is 12.1 Å². The molecule has 20 heavy (non-hydrogen) atoms. The predicted octanol–water partition coefficient (Wildman–Crippen LogP) is 1.64. The monoisotopic (exact) mass is 290 g/mol. The smallest absolute Gasteiger partial charge is 0.346 e. The third-order valence-corrected chi connectivity index (χ3v) is 3.70. The van der Waals surface area contributed by atoms with Crippen LogP contribution in [0.5, 0.6) is 5.75 Å². The first-order chi connectivity index (χ1) is 9.66. The van der Waals surface area contributed by atoms with Crippen molar-refractivity contribution in [2.45, 2.75) is 6.10 Å². The van der Waals surface area contributed by atoms with E-state index in [0.717, 1.165) is 0 Å². The number of carbonyl (C=O) groups is 2. The highest BCUT2D eigenvalue weighted by Crippen LogP contribution is 2.34. The first-order valence-electron chi connectivity index (χ1n) is 5.85. The third kappa shape index (κ3) is 2.12. The van der Waals surface area contributed by atoms with Crippen LogP contribution in [0, 0.1) is 0 Å². The maximum absolute atomic E-state index is 12.4. The van der Waals surface area contributed by atoms with Gasteiger partial charge >= 0.3 is 5.97 Å². The maximum atomic E-state index is 12.4. The fraction of sp³-hybridized carbons (Fsp3) is 0.154. The van der Waals surface area contributed by atoms with Crippen LogP contribution in [0.15, 0.2) is 36.0 Å². The van der Waals surface area contributed by atoms with E-state index in [9.17, 15) is 9.59 Å². The van der Waals surface area contributed by atoms with Gasteiger partial charge in [-0.25, -0.2) is 4.79 Å². The van der Waals surface area contributed by atoms with Crippen LogP contribution in [0.2, 0.25) is 0 Å². The fourth-order valence-electron chi connectivity index (χ4n) is 2.01. The SMILES string of the molecule is O=C(O)C1CN(C(=O)c2cncs2)c2ccccc2O1. The molecule has 102 valence electrons. The summed E-state index contributed by atoms with van der Waals surface area (Å²) < 4.78 is 5.39. The van der Waals surface area contributed by atoms with E-state index in [-0.39, 0.29) is 12.5 Å². The highest BCUT2D eigenvalue weighted by Gasteiger charge is 2.34. The normalized spacial score (nSPS) is 17.2. The van der Waals surface area contributed by atoms with E-state index in [2.05, 4.69) is 4.98 Å². The molecule has 0 aliphatic carbocycles. The van der Waals surface area contributed by atoms with Crippen molar-refractivity contribution < 1.29 is 19.4 Å². The molecule has 7 heteroatoms. The van der Waals surface area contributed by atoms with Gasteiger partial charge in [-0.1, -0.05) is 12.1 Å². The number of benzene rings is 1. The summed E-state index contributed by atoms with van der Waals surface area (Å²) in [6.07, 6.45) is 0.405. The minimum atomic E-state index is -1.10. The van der Waals surface area contributed by atoms with Gasteiger partial charge in [0.15, 0.2) is 0 Å². The Hall–Kier alpha value is -2.41. The summed E-state index contributed by atoms with van der Waals surface area (Å²) in [5, 5.41) is 9.12. The summed E-state index contributed by atoms with van der Waals surface area (Å²) in [5.74, 6) is -0.972. The van der Waals surface area contributed by atoms with E-state index in [1.165, 1.54) is 22.4 Å². The van der Waals surface area contributed by atoms with Gasteiger partial charge in [0.2, 0.25) is 6.10 Å². The van der Waals surface area contributed by atoms with Crippen molar-refractivity contribution in [2.24, 2.45) is 0 Å². The highest BCUT2D eigenvalue weighted by atomic mass is 32.1. The number of rotatable bonds is 2. The first kappa shape index (κ1) is 12.6. The number of hydrogen-bond acceptors (Lipinski definition) is 5. The van der Waals surface area contributed by atoms with Crippen molar-refractivity contribution in [3.05, 3.63) is 40.8 Å². The largest absolute Gasteiger partial charge is 0.478 e. The van der Waals surface area contributed by atoms with Crippen molar-refractivity contribution in [3.63, 3.8) is 0 Å². The molecule has 2 aromatic rings. The van der Waals surface area contributed by atoms with Crippen molar-refractivity contribution in [2.75, 3.05) is 11.4 Å². The molecule has 3 rings (SSSR count). The average Bonchev–Trinajstić information content (AvgIpc) is 2.99. The number of amides is 1. The number of nitrogens with zero attached hydrogens (tertiary/aromatic N) is 2. The third-order valence-electron chi connectivity index (χ3n) is 2.94. The van der Waals surface area contributed by atoms with Crippen molar-refractivity contribution >= 4 is 28.9 Å². The molecule has 1 aliphatic heterocycles. The summed E-state index contributed by atoms with van der Waals surface area (Å²) in [4.78, 5) is 29.3. The van der Waals surface area contributed by atoms with Crippen molar-refractivity contribution in [1.82, 2.24) is 4.98 Å². The zero-order chi connectivity index (χ0) is 14.1. The second kappa shape index (κ2) is 4.93. The summed E-state index contributed by atoms with van der Waals surface area (Å²) >= 11 is 1.22. The highest BCUT2D eigenvalue weighted by molar-refractivity contribution is 7.11. The van der Waals surface area contributed by atoms with Gasteiger partial charge in [0.1, 0.15) is 10.6 Å². The van der Waals surface area contributed by atoms with Gasteiger partial charge in [-0.2, -0.15) is 0 Å². The van der Waals surface area contributed by atoms with Crippen molar-refractivity contribution in [1.29, 1.82) is 0 Å². The van der Waals surface area contributed by atoms with Gasteiger partial charge < -0.3 is 9.84 Å². The molecule has 2 heterocycles. The fourth-order valence-corrected chi connectivity index (χ4v) is 2.58. The zero-order valence-electron chi connectivity index (χ0n) is 10.2. The van der Waals surface area contributed by atoms with Crippen LogP contribution < -0.4 is 9.64 Å². The number of carboxylic acids is 1. The minimum absolute atomic E-state index is 0.0247. The average molecular weight is 290 g/mol. The lowest BCUT2D eigenvalue weighted by atomic mass is 10.2. The van der Waals surface area contributed by atoms with E-state index >= 15 is 0 Å². The second-order valence-electron chi connectivity index (χ2n) is 4.19. The second-order valence-corrected chi connectivity index (χ2v) is 5.08. The molecular formula is C13H10N2O4S. The molecule has 6 nitrogen and oxygen atoms in total. The first-order valence-corrected chi connectivity index (χ1v) is 6.73. The Balaban J connectivity index is 2.01. The molecule has 0 saturated heterocycles. The number of anilines is 1. The van der Waals surface area contributed by atoms with Gasteiger partial charge in [0, 0.05) is 0 Å². The minimum Gasteiger partial charge on any atom is -0.478 e. The summed E-state index contributed by atoms with van der Waals surface area (Å²) in [5.41, 5.74) is 2.14. The van der Waals surface area contributed by atoms with Crippen molar-refractivity contribution in [3.8, 4) is 5.75 Å². The standard InChI is InChI=1S/C13H10N2O4S/c16-12(11-5-14-7-20-11)15-6-10(13(17)18)19-9-4-2-1-3-8(9)15/h1-5,7,10H,6H2,(H,17,18). The van der Waals surface area contributed by atoms with Crippen LogP contribution in [-0.4, -0.2) is 34.6 Å². The number of carbonyl (C=O) groups excluding carboxylic acids is 1. The Morgan fingerprint density at radius 3 is 2.90 bits per heavy atom. The number of thiazole rings is 1. The Kier molecular flexibility index (Phi) is 3.11. The summed E-state index contributed by atoms with van der Waals surface area (Å²) in [7, 11) is 0. The number of carboxylic acid groups (broad SMARTS) is 1. The van der Waals surface area contributed by atoms with E-state index in [1.54, 1.807) is 29.8 Å². The quantitative estimate of drug-likeness (QED) is 0.909. The summed E-state index contributed by atoms with van der Waals surface area (Å²) in [6, 6.07) is 6.89. The predicted molar refractivity (Wildman–Crippen MR) is 72.3 cm³/mol. The molecule has 1 unspecified atom stereocenters. The van der Waals surface area contributed by atoms with Gasteiger partial charge in [-0.05, 0) is 12.1 Å². The van der Waals surface area contributed by atoms with Crippen LogP contribution in [0.25, 0.3) is 0 Å². The molecule has 1 N–H and O–H groups in total. The van der Waals surface area contributed by atoms with Crippen LogP contribution in [-0.2, 0) is 4.79 Å². The molecule has 1 aliphatic rings. The van der Waals surface area contributed by atoms with Crippen LogP contribution in [0.1, 0.15) is 9.67 Å². The lowest BCUT2D eigenvalue weighted by Crippen LogP contribution is -2.46. The zero-order valence-corrected chi connectivity index (χ0v) is 11.0. The summed E-state index contributed by atoms with van der Waals surface area (Å²) in [6.45, 7) is -0.0247. The molecule has 0 radical (unpaired) electrons. The molecule has 1 atom stereocenters. The van der Waals surface area contributed by atoms with Gasteiger partial charge in [-0.3, -0.25) is 14.7 Å². The van der Waals surface area contributed by atoms with E-state index in [4.69, 9.17) is 9.84 Å². The Labute approximate surface area is 118 Å². The van der Waals surface area contributed by atoms with Crippen LogP contribution in [0.4, 0.5) is 5.69 Å². The molecule has 1 aromatic carbocycles. The number of fused-ring (bicyclic) bond motifs is 1. The van der Waals surface area contributed by atoms with Gasteiger partial charge in [0.05, 0.1) is 23.9 Å². The molecule has 0 fully saturated rings. The van der Waals surface area contributed by atoms with E-state index in [0.29, 0.717) is 16.3 Å². The maximum Gasteiger partial charge on any atom is 0.346 e. The van der Waals surface area contributed by atoms with Crippen LogP contribution in [0.3, 0.4) is 0 Å². The Morgan fingerprint density at radius 1 is 1.40 bits per heavy atom. The molecule has 1 amide bonds. The lowest BCUT2D eigenvalue weighted by molar-refractivity contribution is -0.144. The number of aliphatic carboxylic acids is 1.